The predicted octanol–water partition coefficient (Wildman–Crippen LogP) is 2.04. The first-order valence-corrected chi connectivity index (χ1v) is 7.30. The number of amides is 2. The summed E-state index contributed by atoms with van der Waals surface area (Å²) in [6, 6.07) is 1.44. The Bertz CT molecular complexity index is 481. The van der Waals surface area contributed by atoms with Crippen LogP contribution < -0.4 is 10.6 Å². The number of nitrogens with one attached hydrogen (secondary N) is 3. The van der Waals surface area contributed by atoms with Gasteiger partial charge in [0.1, 0.15) is 5.69 Å². The molecular weight excluding hydrogens is 266 g/mol. The van der Waals surface area contributed by atoms with Gasteiger partial charge in [0, 0.05) is 11.7 Å². The van der Waals surface area contributed by atoms with Gasteiger partial charge in [0.05, 0.1) is 5.69 Å². The molecule has 2 amide bonds. The van der Waals surface area contributed by atoms with Crippen LogP contribution in [0, 0.1) is 6.92 Å². The minimum atomic E-state index is -1.09. The Labute approximate surface area is 115 Å². The standard InChI is InChI=1S/C12H17N3O3S/c1-7-6-9(10(13-7)11(16)17)15-12(18)14-8-2-4-19-5-3-8/h6,8,13H,2-5H2,1H3,(H,16,17)(H2,14,15,18). The number of carbonyl (C=O) groups excluding carboxylic acids is 1. The first kappa shape index (κ1) is 13.8. The van der Waals surface area contributed by atoms with Gasteiger partial charge in [0.25, 0.3) is 0 Å². The van der Waals surface area contributed by atoms with Crippen LogP contribution >= 0.6 is 11.8 Å². The third-order valence-corrected chi connectivity index (χ3v) is 4.02. The summed E-state index contributed by atoms with van der Waals surface area (Å²) in [6.45, 7) is 1.74. The second-order valence-electron chi connectivity index (χ2n) is 4.53. The molecule has 6 nitrogen and oxygen atoms in total. The Morgan fingerprint density at radius 3 is 2.74 bits per heavy atom. The van der Waals surface area contributed by atoms with Gasteiger partial charge in [-0.05, 0) is 37.3 Å². The van der Waals surface area contributed by atoms with Crippen LogP contribution in [0.4, 0.5) is 10.5 Å². The van der Waals surface area contributed by atoms with E-state index >= 15 is 0 Å². The third-order valence-electron chi connectivity index (χ3n) is 2.97. The second kappa shape index (κ2) is 6.01. The van der Waals surface area contributed by atoms with Crippen LogP contribution in [-0.4, -0.2) is 39.6 Å². The molecule has 7 heteroatoms. The van der Waals surface area contributed by atoms with E-state index in [1.54, 1.807) is 13.0 Å². The van der Waals surface area contributed by atoms with Crippen molar-refractivity contribution in [2.24, 2.45) is 0 Å². The summed E-state index contributed by atoms with van der Waals surface area (Å²) in [5, 5.41) is 14.5. The highest BCUT2D eigenvalue weighted by Crippen LogP contribution is 2.19. The van der Waals surface area contributed by atoms with Crippen LogP contribution in [0.5, 0.6) is 0 Å². The SMILES string of the molecule is Cc1cc(NC(=O)NC2CCSCC2)c(C(=O)O)[nH]1. The monoisotopic (exact) mass is 283 g/mol. The Kier molecular flexibility index (Phi) is 4.36. The van der Waals surface area contributed by atoms with E-state index in [1.807, 2.05) is 11.8 Å². The molecular formula is C12H17N3O3S. The van der Waals surface area contributed by atoms with Crippen molar-refractivity contribution in [3.63, 3.8) is 0 Å². The number of carbonyl (C=O) groups is 2. The quantitative estimate of drug-likeness (QED) is 0.683. The van der Waals surface area contributed by atoms with Crippen molar-refractivity contribution in [2.45, 2.75) is 25.8 Å². The highest BCUT2D eigenvalue weighted by molar-refractivity contribution is 7.99. The number of thioether (sulfide) groups is 1. The van der Waals surface area contributed by atoms with E-state index in [0.29, 0.717) is 11.4 Å². The smallest absolute Gasteiger partial charge is 0.354 e. The average Bonchev–Trinajstić information content (AvgIpc) is 2.71. The molecule has 1 saturated heterocycles. The number of carboxylic acid groups (broad SMARTS) is 1. The molecule has 0 atom stereocenters. The molecule has 0 bridgehead atoms. The molecule has 1 aliphatic rings. The molecule has 0 saturated carbocycles. The van der Waals surface area contributed by atoms with Gasteiger partial charge in [-0.3, -0.25) is 0 Å². The number of aromatic carboxylic acids is 1. The molecule has 4 N–H and O–H groups in total. The summed E-state index contributed by atoms with van der Waals surface area (Å²) in [6.07, 6.45) is 1.91. The van der Waals surface area contributed by atoms with Gasteiger partial charge in [0.2, 0.25) is 0 Å². The molecule has 1 aromatic heterocycles. The number of aromatic nitrogens is 1. The molecule has 1 aromatic rings. The number of aromatic amines is 1. The van der Waals surface area contributed by atoms with E-state index in [2.05, 4.69) is 15.6 Å². The van der Waals surface area contributed by atoms with Gasteiger partial charge >= 0.3 is 12.0 Å². The summed E-state index contributed by atoms with van der Waals surface area (Å²) in [7, 11) is 0. The molecule has 19 heavy (non-hydrogen) atoms. The number of aryl methyl sites for hydroxylation is 1. The van der Waals surface area contributed by atoms with Crippen molar-refractivity contribution >= 4 is 29.4 Å². The van der Waals surface area contributed by atoms with Crippen LogP contribution in [0.15, 0.2) is 6.07 Å². The lowest BCUT2D eigenvalue weighted by Gasteiger charge is -2.22. The Morgan fingerprint density at radius 2 is 2.11 bits per heavy atom. The maximum Gasteiger partial charge on any atom is 0.354 e. The summed E-state index contributed by atoms with van der Waals surface area (Å²) < 4.78 is 0. The number of rotatable bonds is 3. The minimum Gasteiger partial charge on any atom is -0.477 e. The van der Waals surface area contributed by atoms with Crippen LogP contribution in [0.1, 0.15) is 29.0 Å². The van der Waals surface area contributed by atoms with Gasteiger partial charge in [0.15, 0.2) is 0 Å². The fourth-order valence-corrected chi connectivity index (χ4v) is 3.15. The van der Waals surface area contributed by atoms with Crippen molar-refractivity contribution in [2.75, 3.05) is 16.8 Å². The lowest BCUT2D eigenvalue weighted by atomic mass is 10.2. The minimum absolute atomic E-state index is 0.00634. The summed E-state index contributed by atoms with van der Waals surface area (Å²) in [4.78, 5) is 25.5. The van der Waals surface area contributed by atoms with Crippen LogP contribution in [-0.2, 0) is 0 Å². The highest BCUT2D eigenvalue weighted by Gasteiger charge is 2.18. The Hall–Kier alpha value is -1.63. The van der Waals surface area contributed by atoms with E-state index in [0.717, 1.165) is 24.3 Å². The number of carboxylic acids is 1. The highest BCUT2D eigenvalue weighted by atomic mass is 32.2. The maximum atomic E-state index is 11.8. The molecule has 2 rings (SSSR count). The van der Waals surface area contributed by atoms with Crippen LogP contribution in [0.3, 0.4) is 0 Å². The van der Waals surface area contributed by atoms with Crippen molar-refractivity contribution < 1.29 is 14.7 Å². The zero-order valence-corrected chi connectivity index (χ0v) is 11.5. The Morgan fingerprint density at radius 1 is 1.42 bits per heavy atom. The number of anilines is 1. The predicted molar refractivity (Wildman–Crippen MR) is 75.0 cm³/mol. The molecule has 1 aliphatic heterocycles. The van der Waals surface area contributed by atoms with Gasteiger partial charge in [-0.2, -0.15) is 11.8 Å². The second-order valence-corrected chi connectivity index (χ2v) is 5.76. The summed E-state index contributed by atoms with van der Waals surface area (Å²) >= 11 is 1.88. The largest absolute Gasteiger partial charge is 0.477 e. The van der Waals surface area contributed by atoms with E-state index < -0.39 is 5.97 Å². The van der Waals surface area contributed by atoms with Gasteiger partial charge in [-0.25, -0.2) is 9.59 Å². The lowest BCUT2D eigenvalue weighted by Crippen LogP contribution is -2.40. The number of hydrogen-bond acceptors (Lipinski definition) is 3. The van der Waals surface area contributed by atoms with Crippen molar-refractivity contribution in [1.29, 1.82) is 0 Å². The normalized spacial score (nSPS) is 16.1. The topological polar surface area (TPSA) is 94.2 Å². The zero-order valence-electron chi connectivity index (χ0n) is 10.7. The van der Waals surface area contributed by atoms with E-state index in [-0.39, 0.29) is 17.8 Å². The first-order valence-electron chi connectivity index (χ1n) is 6.14. The number of H-pyrrole nitrogens is 1. The zero-order chi connectivity index (χ0) is 13.8. The van der Waals surface area contributed by atoms with Crippen molar-refractivity contribution in [3.8, 4) is 0 Å². The van der Waals surface area contributed by atoms with Gasteiger partial charge < -0.3 is 20.7 Å². The summed E-state index contributed by atoms with van der Waals surface area (Å²) in [5.74, 6) is 1.01. The van der Waals surface area contributed by atoms with Crippen LogP contribution in [0.25, 0.3) is 0 Å². The molecule has 0 radical (unpaired) electrons. The molecule has 2 heterocycles. The number of urea groups is 1. The molecule has 0 aliphatic carbocycles. The van der Waals surface area contributed by atoms with E-state index in [4.69, 9.17) is 5.11 Å². The van der Waals surface area contributed by atoms with Gasteiger partial charge in [-0.1, -0.05) is 0 Å². The summed E-state index contributed by atoms with van der Waals surface area (Å²) in [5.41, 5.74) is 1.00. The third kappa shape index (κ3) is 3.66. The first-order chi connectivity index (χ1) is 9.06. The molecule has 1 fully saturated rings. The van der Waals surface area contributed by atoms with Gasteiger partial charge in [-0.15, -0.1) is 0 Å². The lowest BCUT2D eigenvalue weighted by molar-refractivity contribution is 0.0692. The molecule has 104 valence electrons. The molecule has 0 spiro atoms. The van der Waals surface area contributed by atoms with Crippen molar-refractivity contribution in [3.05, 3.63) is 17.5 Å². The molecule has 0 aromatic carbocycles. The van der Waals surface area contributed by atoms with E-state index in [9.17, 15) is 9.59 Å². The molecule has 0 unspecified atom stereocenters. The van der Waals surface area contributed by atoms with E-state index in [1.165, 1.54) is 0 Å². The van der Waals surface area contributed by atoms with Crippen LogP contribution in [0.2, 0.25) is 0 Å². The number of hydrogen-bond donors (Lipinski definition) is 4. The fraction of sp³-hybridized carbons (Fsp3) is 0.500. The maximum absolute atomic E-state index is 11.8. The Balaban J connectivity index is 1.96. The fourth-order valence-electron chi connectivity index (χ4n) is 2.04. The van der Waals surface area contributed by atoms with Crippen molar-refractivity contribution in [1.82, 2.24) is 10.3 Å². The average molecular weight is 283 g/mol.